The number of benzene rings is 1. The number of hydrogen-bond acceptors (Lipinski definition) is 2. The molecule has 0 aliphatic heterocycles. The number of ether oxygens (including phenoxy) is 1. The fourth-order valence-electron chi connectivity index (χ4n) is 0.727. The molecule has 2 nitrogen and oxygen atoms in total. The highest BCUT2D eigenvalue weighted by atomic mass is 16.5. The maximum Gasteiger partial charge on any atom is 0.201 e. The largest absolute Gasteiger partial charge is 0.493 e. The minimum Gasteiger partial charge on any atom is -0.493 e. The van der Waals surface area contributed by atoms with E-state index in [4.69, 9.17) is 4.74 Å². The number of carbonyl (C=O) groups excluding carboxylic acids is 1. The summed E-state index contributed by atoms with van der Waals surface area (Å²) in [4.78, 5) is 9.79. The van der Waals surface area contributed by atoms with Crippen molar-refractivity contribution in [3.05, 3.63) is 30.3 Å². The Morgan fingerprint density at radius 2 is 2.00 bits per heavy atom. The second kappa shape index (κ2) is 4.50. The Morgan fingerprint density at radius 3 is 2.64 bits per heavy atom. The lowest BCUT2D eigenvalue weighted by molar-refractivity contribution is 0.326. The zero-order chi connectivity index (χ0) is 7.94. The van der Waals surface area contributed by atoms with Crippen molar-refractivity contribution in [3.63, 3.8) is 0 Å². The second-order valence-corrected chi connectivity index (χ2v) is 2.06. The van der Waals surface area contributed by atoms with Gasteiger partial charge in [0.15, 0.2) is 0 Å². The van der Waals surface area contributed by atoms with Crippen molar-refractivity contribution in [2.75, 3.05) is 6.61 Å². The molecule has 0 amide bonds. The summed E-state index contributed by atoms with van der Waals surface area (Å²) in [7, 11) is 0. The molecule has 0 saturated heterocycles. The van der Waals surface area contributed by atoms with Crippen molar-refractivity contribution < 1.29 is 9.53 Å². The van der Waals surface area contributed by atoms with Crippen LogP contribution in [0.3, 0.4) is 0 Å². The molecule has 0 aromatic heterocycles. The Kier molecular flexibility index (Phi) is 3.19. The van der Waals surface area contributed by atoms with Gasteiger partial charge in [-0.2, -0.15) is 0 Å². The highest BCUT2D eigenvalue weighted by Crippen LogP contribution is 2.07. The van der Waals surface area contributed by atoms with E-state index < -0.39 is 0 Å². The van der Waals surface area contributed by atoms with E-state index in [0.29, 0.717) is 13.0 Å². The zero-order valence-electron chi connectivity index (χ0n) is 6.12. The van der Waals surface area contributed by atoms with Crippen LogP contribution in [0.15, 0.2) is 30.3 Å². The Hall–Kier alpha value is -1.31. The van der Waals surface area contributed by atoms with Gasteiger partial charge in [0.2, 0.25) is 6.29 Å². The minimum absolute atomic E-state index is 0.328. The molecule has 0 bridgehead atoms. The molecule has 11 heavy (non-hydrogen) atoms. The molecular weight excluding hydrogens is 140 g/mol. The highest BCUT2D eigenvalue weighted by molar-refractivity contribution is 5.50. The van der Waals surface area contributed by atoms with Crippen molar-refractivity contribution in [3.8, 4) is 5.75 Å². The zero-order valence-corrected chi connectivity index (χ0v) is 6.12. The molecular formula is C9H9O2. The standard InChI is InChI=1S/C9H9O2/c10-7-4-8-11-9-5-2-1-3-6-9/h1-3,5-6H,4,8H2. The van der Waals surface area contributed by atoms with Crippen molar-refractivity contribution >= 4 is 6.29 Å². The van der Waals surface area contributed by atoms with Crippen LogP contribution in [-0.4, -0.2) is 12.9 Å². The molecule has 0 aliphatic carbocycles. The first-order valence-electron chi connectivity index (χ1n) is 3.46. The lowest BCUT2D eigenvalue weighted by Gasteiger charge is -2.01. The molecule has 0 aliphatic rings. The summed E-state index contributed by atoms with van der Waals surface area (Å²) in [5, 5.41) is 0. The van der Waals surface area contributed by atoms with Crippen molar-refractivity contribution in [1.29, 1.82) is 0 Å². The fraction of sp³-hybridized carbons (Fsp3) is 0.222. The van der Waals surface area contributed by atoms with E-state index in [2.05, 4.69) is 0 Å². The van der Waals surface area contributed by atoms with Gasteiger partial charge in [0.05, 0.1) is 6.61 Å². The molecule has 0 atom stereocenters. The first-order valence-corrected chi connectivity index (χ1v) is 3.46. The predicted molar refractivity (Wildman–Crippen MR) is 42.2 cm³/mol. The van der Waals surface area contributed by atoms with Gasteiger partial charge in [-0.1, -0.05) is 18.2 Å². The highest BCUT2D eigenvalue weighted by Gasteiger charge is 1.89. The molecule has 1 aromatic carbocycles. The lowest BCUT2D eigenvalue weighted by Crippen LogP contribution is -1.96. The summed E-state index contributed by atoms with van der Waals surface area (Å²) < 4.78 is 5.18. The molecule has 0 heterocycles. The van der Waals surface area contributed by atoms with Gasteiger partial charge in [0.1, 0.15) is 5.75 Å². The van der Waals surface area contributed by atoms with Crippen LogP contribution >= 0.6 is 0 Å². The third kappa shape index (κ3) is 2.85. The molecule has 0 spiro atoms. The van der Waals surface area contributed by atoms with E-state index in [1.165, 1.54) is 0 Å². The fourth-order valence-corrected chi connectivity index (χ4v) is 0.727. The second-order valence-electron chi connectivity index (χ2n) is 2.06. The summed E-state index contributed by atoms with van der Waals surface area (Å²) >= 11 is 0. The van der Waals surface area contributed by atoms with Crippen LogP contribution in [-0.2, 0) is 4.79 Å². The summed E-state index contributed by atoms with van der Waals surface area (Å²) in [6.07, 6.45) is 2.09. The average Bonchev–Trinajstić information content (AvgIpc) is 2.07. The SMILES string of the molecule is O=[C]CCOc1ccccc1. The van der Waals surface area contributed by atoms with Crippen LogP contribution in [0, 0.1) is 0 Å². The summed E-state index contributed by atoms with van der Waals surface area (Å²) in [5.41, 5.74) is 0. The summed E-state index contributed by atoms with van der Waals surface area (Å²) in [6, 6.07) is 9.40. The lowest BCUT2D eigenvalue weighted by atomic mass is 10.3. The Morgan fingerprint density at radius 1 is 1.27 bits per heavy atom. The van der Waals surface area contributed by atoms with Crippen molar-refractivity contribution in [2.45, 2.75) is 6.42 Å². The van der Waals surface area contributed by atoms with Crippen LogP contribution < -0.4 is 4.74 Å². The summed E-state index contributed by atoms with van der Waals surface area (Å²) in [6.45, 7) is 0.410. The molecule has 0 N–H and O–H groups in total. The monoisotopic (exact) mass is 149 g/mol. The van der Waals surface area contributed by atoms with Crippen LogP contribution in [0.5, 0.6) is 5.75 Å². The smallest absolute Gasteiger partial charge is 0.201 e. The van der Waals surface area contributed by atoms with E-state index in [0.717, 1.165) is 5.75 Å². The van der Waals surface area contributed by atoms with Crippen molar-refractivity contribution in [2.24, 2.45) is 0 Å². The molecule has 1 rings (SSSR count). The quantitative estimate of drug-likeness (QED) is 0.607. The van der Waals surface area contributed by atoms with Gasteiger partial charge in [-0.15, -0.1) is 0 Å². The molecule has 0 unspecified atom stereocenters. The molecule has 1 radical (unpaired) electrons. The molecule has 2 heteroatoms. The van der Waals surface area contributed by atoms with E-state index in [9.17, 15) is 4.79 Å². The van der Waals surface area contributed by atoms with Crippen molar-refractivity contribution in [1.82, 2.24) is 0 Å². The molecule has 0 fully saturated rings. The molecule has 57 valence electrons. The van der Waals surface area contributed by atoms with Gasteiger partial charge < -0.3 is 4.74 Å². The van der Waals surface area contributed by atoms with Crippen LogP contribution in [0.1, 0.15) is 6.42 Å². The van der Waals surface area contributed by atoms with Gasteiger partial charge in [-0.3, -0.25) is 4.79 Å². The van der Waals surface area contributed by atoms with E-state index >= 15 is 0 Å². The Balaban J connectivity index is 2.33. The number of rotatable bonds is 4. The van der Waals surface area contributed by atoms with Gasteiger partial charge >= 0.3 is 0 Å². The van der Waals surface area contributed by atoms with E-state index in [1.54, 1.807) is 6.29 Å². The predicted octanol–water partition coefficient (Wildman–Crippen LogP) is 1.57. The van der Waals surface area contributed by atoms with Gasteiger partial charge in [0.25, 0.3) is 0 Å². The maximum absolute atomic E-state index is 9.79. The topological polar surface area (TPSA) is 26.3 Å². The van der Waals surface area contributed by atoms with Crippen LogP contribution in [0.2, 0.25) is 0 Å². The molecule has 1 aromatic rings. The van der Waals surface area contributed by atoms with E-state index in [-0.39, 0.29) is 0 Å². The maximum atomic E-state index is 9.79. The first-order chi connectivity index (χ1) is 5.43. The average molecular weight is 149 g/mol. The Bertz CT molecular complexity index is 206. The summed E-state index contributed by atoms with van der Waals surface area (Å²) in [5.74, 6) is 0.794. The normalized spacial score (nSPS) is 9.09. The van der Waals surface area contributed by atoms with Gasteiger partial charge in [0, 0.05) is 6.42 Å². The van der Waals surface area contributed by atoms with Crippen LogP contribution in [0.25, 0.3) is 0 Å². The van der Waals surface area contributed by atoms with Crippen LogP contribution in [0.4, 0.5) is 0 Å². The van der Waals surface area contributed by atoms with Gasteiger partial charge in [-0.25, -0.2) is 0 Å². The third-order valence-corrected chi connectivity index (χ3v) is 1.22. The number of para-hydroxylation sites is 1. The first kappa shape index (κ1) is 7.79. The minimum atomic E-state index is 0.328. The van der Waals surface area contributed by atoms with E-state index in [1.807, 2.05) is 30.3 Å². The Labute approximate surface area is 65.8 Å². The number of hydrogen-bond donors (Lipinski definition) is 0. The van der Waals surface area contributed by atoms with Gasteiger partial charge in [-0.05, 0) is 12.1 Å². The molecule has 0 saturated carbocycles. The third-order valence-electron chi connectivity index (χ3n) is 1.22.